The van der Waals surface area contributed by atoms with Crippen molar-refractivity contribution >= 4 is 0 Å². The van der Waals surface area contributed by atoms with Crippen LogP contribution in [0.2, 0.25) is 0 Å². The van der Waals surface area contributed by atoms with Gasteiger partial charge in [-0.3, -0.25) is 0 Å². The molecule has 1 aromatic carbocycles. The highest BCUT2D eigenvalue weighted by molar-refractivity contribution is 5.33. The fourth-order valence-electron chi connectivity index (χ4n) is 7.04. The summed E-state index contributed by atoms with van der Waals surface area (Å²) in [5.41, 5.74) is 0.462. The maximum absolute atomic E-state index is 14.2. The van der Waals surface area contributed by atoms with E-state index < -0.39 is 23.7 Å². The summed E-state index contributed by atoms with van der Waals surface area (Å²) in [5.74, 6) is -0.0551. The second-order valence-corrected chi connectivity index (χ2v) is 10.5. The zero-order valence-corrected chi connectivity index (χ0v) is 18.9. The molecule has 0 aromatic heterocycles. The second-order valence-electron chi connectivity index (χ2n) is 10.5. The van der Waals surface area contributed by atoms with Gasteiger partial charge in [-0.1, -0.05) is 32.6 Å². The Morgan fingerprint density at radius 1 is 0.781 bits per heavy atom. The monoisotopic (exact) mass is 458 g/mol. The van der Waals surface area contributed by atoms with Crippen LogP contribution in [0.4, 0.5) is 22.0 Å². The molecule has 3 aliphatic carbocycles. The second kappa shape index (κ2) is 9.89. The van der Waals surface area contributed by atoms with Crippen LogP contribution >= 0.6 is 0 Å². The first kappa shape index (κ1) is 23.8. The summed E-state index contributed by atoms with van der Waals surface area (Å²) in [6.45, 7) is 2.27. The van der Waals surface area contributed by atoms with Gasteiger partial charge < -0.3 is 4.74 Å². The lowest BCUT2D eigenvalue weighted by molar-refractivity contribution is -0.276. The summed E-state index contributed by atoms with van der Waals surface area (Å²) in [6.07, 6.45) is 9.52. The first-order valence-electron chi connectivity index (χ1n) is 12.5. The van der Waals surface area contributed by atoms with Crippen molar-refractivity contribution in [1.82, 2.24) is 0 Å². The molecule has 0 spiro atoms. The fraction of sp³-hybridized carbons (Fsp3) is 0.769. The Morgan fingerprint density at radius 2 is 1.31 bits per heavy atom. The molecule has 180 valence electrons. The smallest absolute Gasteiger partial charge is 0.399 e. The Bertz CT molecular complexity index is 745. The highest BCUT2D eigenvalue weighted by Crippen LogP contribution is 2.51. The Labute approximate surface area is 188 Å². The summed E-state index contributed by atoms with van der Waals surface area (Å²) in [6, 6.07) is 2.07. The van der Waals surface area contributed by atoms with Gasteiger partial charge in [-0.25, -0.2) is 8.78 Å². The molecule has 4 unspecified atom stereocenters. The van der Waals surface area contributed by atoms with E-state index in [2.05, 4.69) is 11.7 Å². The number of fused-ring (bicyclic) bond motifs is 1. The van der Waals surface area contributed by atoms with E-state index >= 15 is 0 Å². The standard InChI is InChI=1S/C26H35F5O/c1-2-3-16-4-6-17(7-5-16)18-8-9-20-13-21(11-10-19(20)12-18)22-14-23(27)25(24(28)15-22)32-26(29,30)31/h14-21H,2-13H2,1H3. The molecule has 3 saturated carbocycles. The van der Waals surface area contributed by atoms with Gasteiger partial charge in [0, 0.05) is 0 Å². The van der Waals surface area contributed by atoms with Gasteiger partial charge in [0.2, 0.25) is 5.75 Å². The van der Waals surface area contributed by atoms with Crippen molar-refractivity contribution in [1.29, 1.82) is 0 Å². The number of benzene rings is 1. The highest BCUT2D eigenvalue weighted by Gasteiger charge is 2.40. The number of halogens is 5. The summed E-state index contributed by atoms with van der Waals surface area (Å²) in [7, 11) is 0. The van der Waals surface area contributed by atoms with Crippen molar-refractivity contribution < 1.29 is 26.7 Å². The largest absolute Gasteiger partial charge is 0.573 e. The van der Waals surface area contributed by atoms with Crippen LogP contribution < -0.4 is 4.74 Å². The van der Waals surface area contributed by atoms with Crippen molar-refractivity contribution in [3.05, 3.63) is 29.3 Å². The normalized spacial score (nSPS) is 33.6. The Kier molecular flexibility index (Phi) is 7.36. The minimum Gasteiger partial charge on any atom is -0.399 e. The average Bonchev–Trinajstić information content (AvgIpc) is 2.75. The molecule has 1 nitrogen and oxygen atoms in total. The summed E-state index contributed by atoms with van der Waals surface area (Å²) < 4.78 is 69.1. The molecule has 32 heavy (non-hydrogen) atoms. The number of hydrogen-bond donors (Lipinski definition) is 0. The van der Waals surface area contributed by atoms with Crippen LogP contribution in [0.1, 0.15) is 95.5 Å². The molecule has 0 heterocycles. The van der Waals surface area contributed by atoms with Gasteiger partial charge in [0.05, 0.1) is 0 Å². The molecule has 0 aliphatic heterocycles. The summed E-state index contributed by atoms with van der Waals surface area (Å²) in [5, 5.41) is 0. The number of ether oxygens (including phenoxy) is 1. The van der Waals surface area contributed by atoms with E-state index in [0.29, 0.717) is 17.4 Å². The molecule has 6 heteroatoms. The quantitative estimate of drug-likeness (QED) is 0.401. The fourth-order valence-corrected chi connectivity index (χ4v) is 7.04. The first-order chi connectivity index (χ1) is 15.2. The van der Waals surface area contributed by atoms with E-state index in [1.807, 2.05) is 0 Å². The van der Waals surface area contributed by atoms with Gasteiger partial charge in [0.15, 0.2) is 11.6 Å². The van der Waals surface area contributed by atoms with Crippen molar-refractivity contribution in [3.63, 3.8) is 0 Å². The predicted octanol–water partition coefficient (Wildman–Crippen LogP) is 8.77. The van der Waals surface area contributed by atoms with Crippen molar-refractivity contribution in [2.75, 3.05) is 0 Å². The maximum atomic E-state index is 14.2. The molecule has 3 aliphatic rings. The Morgan fingerprint density at radius 3 is 1.91 bits per heavy atom. The molecule has 4 atom stereocenters. The van der Waals surface area contributed by atoms with Gasteiger partial charge in [-0.15, -0.1) is 13.2 Å². The molecule has 0 radical (unpaired) electrons. The van der Waals surface area contributed by atoms with Crippen molar-refractivity contribution in [3.8, 4) is 5.75 Å². The van der Waals surface area contributed by atoms with E-state index in [-0.39, 0.29) is 5.92 Å². The van der Waals surface area contributed by atoms with Crippen LogP contribution in [0.5, 0.6) is 5.75 Å². The maximum Gasteiger partial charge on any atom is 0.573 e. The Balaban J connectivity index is 1.34. The topological polar surface area (TPSA) is 9.23 Å². The SMILES string of the molecule is CCCC1CCC(C2CCC3CC(c4cc(F)c(OC(F)(F)F)c(F)c4)CCC3C2)CC1. The number of rotatable bonds is 5. The molecule has 0 N–H and O–H groups in total. The minimum atomic E-state index is -5.12. The third-order valence-corrected chi connectivity index (χ3v) is 8.62. The lowest BCUT2D eigenvalue weighted by Gasteiger charge is -2.45. The summed E-state index contributed by atoms with van der Waals surface area (Å²) >= 11 is 0. The van der Waals surface area contributed by atoms with Gasteiger partial charge in [-0.2, -0.15) is 0 Å². The van der Waals surface area contributed by atoms with Crippen LogP contribution in [0.15, 0.2) is 12.1 Å². The lowest BCUT2D eigenvalue weighted by atomic mass is 9.60. The zero-order valence-electron chi connectivity index (χ0n) is 18.9. The van der Waals surface area contributed by atoms with Crippen LogP contribution in [0.3, 0.4) is 0 Å². The molecule has 3 fully saturated rings. The average molecular weight is 459 g/mol. The Hall–Kier alpha value is -1.33. The molecular weight excluding hydrogens is 423 g/mol. The van der Waals surface area contributed by atoms with E-state index in [1.165, 1.54) is 57.8 Å². The van der Waals surface area contributed by atoms with Crippen molar-refractivity contribution in [2.45, 2.75) is 96.3 Å². The zero-order chi connectivity index (χ0) is 22.9. The van der Waals surface area contributed by atoms with Crippen LogP contribution in [0, 0.1) is 41.2 Å². The van der Waals surface area contributed by atoms with Crippen LogP contribution in [-0.4, -0.2) is 6.36 Å². The molecular formula is C26H35F5O. The van der Waals surface area contributed by atoms with Crippen LogP contribution in [0.25, 0.3) is 0 Å². The molecule has 1 aromatic rings. The van der Waals surface area contributed by atoms with Crippen LogP contribution in [-0.2, 0) is 0 Å². The van der Waals surface area contributed by atoms with Crippen molar-refractivity contribution in [2.24, 2.45) is 29.6 Å². The molecule has 0 bridgehead atoms. The molecule has 4 rings (SSSR count). The third-order valence-electron chi connectivity index (χ3n) is 8.62. The molecule has 0 saturated heterocycles. The number of alkyl halides is 3. The predicted molar refractivity (Wildman–Crippen MR) is 114 cm³/mol. The van der Waals surface area contributed by atoms with Gasteiger partial charge >= 0.3 is 6.36 Å². The van der Waals surface area contributed by atoms with E-state index in [1.54, 1.807) is 0 Å². The minimum absolute atomic E-state index is 0.00113. The number of hydrogen-bond acceptors (Lipinski definition) is 1. The highest BCUT2D eigenvalue weighted by atomic mass is 19.4. The summed E-state index contributed by atoms with van der Waals surface area (Å²) in [4.78, 5) is 0. The lowest BCUT2D eigenvalue weighted by Crippen LogP contribution is -2.34. The van der Waals surface area contributed by atoms with E-state index in [0.717, 1.165) is 49.1 Å². The van der Waals surface area contributed by atoms with Gasteiger partial charge in [-0.05, 0) is 105 Å². The molecule has 0 amide bonds. The van der Waals surface area contributed by atoms with E-state index in [4.69, 9.17) is 0 Å². The van der Waals surface area contributed by atoms with Gasteiger partial charge in [0.25, 0.3) is 0 Å². The van der Waals surface area contributed by atoms with Gasteiger partial charge in [0.1, 0.15) is 0 Å². The van der Waals surface area contributed by atoms with E-state index in [9.17, 15) is 22.0 Å². The third kappa shape index (κ3) is 5.59. The first-order valence-corrected chi connectivity index (χ1v) is 12.5.